The number of aliphatic hydroxyl groups excluding tert-OH is 1. The average Bonchev–Trinajstić information content (AvgIpc) is 2.55. The number of aliphatic hydroxyl groups is 1. The number of rotatable bonds is 6. The van der Waals surface area contributed by atoms with Gasteiger partial charge in [0.1, 0.15) is 5.69 Å². The van der Waals surface area contributed by atoms with E-state index in [1.165, 1.54) is 16.8 Å². The molecule has 0 fully saturated rings. The van der Waals surface area contributed by atoms with Crippen molar-refractivity contribution in [1.29, 1.82) is 0 Å². The van der Waals surface area contributed by atoms with Gasteiger partial charge in [0.15, 0.2) is 0 Å². The SMILES string of the molecule is CCCn1nc(C(=O)NCc2ccccc2CO)ccc1=O. The molecular formula is C16H19N3O3. The molecule has 0 radical (unpaired) electrons. The summed E-state index contributed by atoms with van der Waals surface area (Å²) in [6, 6.07) is 10.1. The number of carbonyl (C=O) groups excluding carboxylic acids is 1. The summed E-state index contributed by atoms with van der Waals surface area (Å²) in [4.78, 5) is 23.7. The van der Waals surface area contributed by atoms with Crippen LogP contribution in [0.4, 0.5) is 0 Å². The van der Waals surface area contributed by atoms with Crippen LogP contribution in [-0.2, 0) is 19.7 Å². The quantitative estimate of drug-likeness (QED) is 0.836. The highest BCUT2D eigenvalue weighted by Crippen LogP contribution is 2.08. The van der Waals surface area contributed by atoms with Crippen molar-refractivity contribution >= 4 is 5.91 Å². The van der Waals surface area contributed by atoms with E-state index in [-0.39, 0.29) is 23.8 Å². The summed E-state index contributed by atoms with van der Waals surface area (Å²) in [5.41, 5.74) is 1.60. The molecule has 116 valence electrons. The largest absolute Gasteiger partial charge is 0.392 e. The molecule has 1 amide bonds. The second-order valence-corrected chi connectivity index (χ2v) is 4.89. The Balaban J connectivity index is 2.09. The molecular weight excluding hydrogens is 282 g/mol. The first-order valence-corrected chi connectivity index (χ1v) is 7.19. The third-order valence-electron chi connectivity index (χ3n) is 3.26. The van der Waals surface area contributed by atoms with Crippen LogP contribution in [0.3, 0.4) is 0 Å². The molecule has 0 unspecified atom stereocenters. The number of hydrogen-bond acceptors (Lipinski definition) is 4. The van der Waals surface area contributed by atoms with Gasteiger partial charge in [-0.05, 0) is 23.6 Å². The van der Waals surface area contributed by atoms with Gasteiger partial charge in [-0.2, -0.15) is 5.10 Å². The van der Waals surface area contributed by atoms with E-state index < -0.39 is 0 Å². The molecule has 0 aliphatic carbocycles. The zero-order chi connectivity index (χ0) is 15.9. The monoisotopic (exact) mass is 301 g/mol. The lowest BCUT2D eigenvalue weighted by Crippen LogP contribution is -2.29. The fourth-order valence-electron chi connectivity index (χ4n) is 2.09. The number of benzene rings is 1. The second-order valence-electron chi connectivity index (χ2n) is 4.89. The van der Waals surface area contributed by atoms with Crippen molar-refractivity contribution in [3.05, 3.63) is 63.6 Å². The molecule has 0 saturated heterocycles. The smallest absolute Gasteiger partial charge is 0.271 e. The highest BCUT2D eigenvalue weighted by atomic mass is 16.3. The number of amides is 1. The Morgan fingerprint density at radius 3 is 2.64 bits per heavy atom. The minimum Gasteiger partial charge on any atom is -0.392 e. The van der Waals surface area contributed by atoms with E-state index in [2.05, 4.69) is 10.4 Å². The number of carbonyl (C=O) groups is 1. The fourth-order valence-corrected chi connectivity index (χ4v) is 2.09. The minimum atomic E-state index is -0.349. The lowest BCUT2D eigenvalue weighted by Gasteiger charge is -2.09. The van der Waals surface area contributed by atoms with Crippen LogP contribution in [0.2, 0.25) is 0 Å². The normalized spacial score (nSPS) is 10.5. The maximum absolute atomic E-state index is 12.1. The van der Waals surface area contributed by atoms with Crippen molar-refractivity contribution in [3.8, 4) is 0 Å². The predicted octanol–water partition coefficient (Wildman–Crippen LogP) is 1.08. The van der Waals surface area contributed by atoms with Gasteiger partial charge in [-0.3, -0.25) is 9.59 Å². The van der Waals surface area contributed by atoms with Crippen molar-refractivity contribution in [2.75, 3.05) is 0 Å². The molecule has 6 heteroatoms. The second kappa shape index (κ2) is 7.51. The Bertz CT molecular complexity index is 710. The van der Waals surface area contributed by atoms with E-state index in [1.54, 1.807) is 6.07 Å². The third kappa shape index (κ3) is 3.79. The van der Waals surface area contributed by atoms with Crippen LogP contribution in [0.5, 0.6) is 0 Å². The first kappa shape index (κ1) is 15.9. The third-order valence-corrected chi connectivity index (χ3v) is 3.26. The molecule has 22 heavy (non-hydrogen) atoms. The molecule has 0 bridgehead atoms. The van der Waals surface area contributed by atoms with Gasteiger partial charge in [0.05, 0.1) is 6.61 Å². The number of hydrogen-bond donors (Lipinski definition) is 2. The maximum Gasteiger partial charge on any atom is 0.271 e. The average molecular weight is 301 g/mol. The van der Waals surface area contributed by atoms with Gasteiger partial charge < -0.3 is 10.4 Å². The molecule has 2 N–H and O–H groups in total. The molecule has 0 aliphatic rings. The predicted molar refractivity (Wildman–Crippen MR) is 82.3 cm³/mol. The molecule has 0 saturated carbocycles. The van der Waals surface area contributed by atoms with Gasteiger partial charge in [-0.25, -0.2) is 4.68 Å². The maximum atomic E-state index is 12.1. The highest BCUT2D eigenvalue weighted by molar-refractivity contribution is 5.91. The van der Waals surface area contributed by atoms with E-state index in [0.717, 1.165) is 17.5 Å². The van der Waals surface area contributed by atoms with Gasteiger partial charge in [0, 0.05) is 19.2 Å². The molecule has 0 aliphatic heterocycles. The zero-order valence-electron chi connectivity index (χ0n) is 12.5. The highest BCUT2D eigenvalue weighted by Gasteiger charge is 2.10. The van der Waals surface area contributed by atoms with Gasteiger partial charge in [0.2, 0.25) is 0 Å². The lowest BCUT2D eigenvalue weighted by molar-refractivity contribution is 0.0943. The first-order chi connectivity index (χ1) is 10.7. The summed E-state index contributed by atoms with van der Waals surface area (Å²) in [5.74, 6) is -0.349. The molecule has 0 spiro atoms. The van der Waals surface area contributed by atoms with Crippen LogP contribution < -0.4 is 10.9 Å². The van der Waals surface area contributed by atoms with Crippen LogP contribution in [0.15, 0.2) is 41.2 Å². The molecule has 1 aromatic heterocycles. The van der Waals surface area contributed by atoms with E-state index in [1.807, 2.05) is 25.1 Å². The van der Waals surface area contributed by atoms with Gasteiger partial charge >= 0.3 is 0 Å². The number of nitrogens with zero attached hydrogens (tertiary/aromatic N) is 2. The Morgan fingerprint density at radius 1 is 1.23 bits per heavy atom. The summed E-state index contributed by atoms with van der Waals surface area (Å²) in [5, 5.41) is 16.1. The summed E-state index contributed by atoms with van der Waals surface area (Å²) >= 11 is 0. The lowest BCUT2D eigenvalue weighted by atomic mass is 10.1. The fraction of sp³-hybridized carbons (Fsp3) is 0.312. The van der Waals surface area contributed by atoms with E-state index in [4.69, 9.17) is 0 Å². The van der Waals surface area contributed by atoms with Crippen LogP contribution in [0, 0.1) is 0 Å². The summed E-state index contributed by atoms with van der Waals surface area (Å²) in [6.45, 7) is 2.63. The molecule has 0 atom stereocenters. The van der Waals surface area contributed by atoms with E-state index >= 15 is 0 Å². The van der Waals surface area contributed by atoms with Crippen LogP contribution >= 0.6 is 0 Å². The zero-order valence-corrected chi connectivity index (χ0v) is 12.5. The Hall–Kier alpha value is -2.47. The minimum absolute atomic E-state index is 0.0777. The van der Waals surface area contributed by atoms with Crippen molar-refractivity contribution in [2.45, 2.75) is 33.0 Å². The number of nitrogens with one attached hydrogen (secondary N) is 1. The molecule has 6 nitrogen and oxygen atoms in total. The van der Waals surface area contributed by atoms with Crippen LogP contribution in [0.25, 0.3) is 0 Å². The number of aromatic nitrogens is 2. The number of aryl methyl sites for hydroxylation is 1. The summed E-state index contributed by atoms with van der Waals surface area (Å²) < 4.78 is 1.29. The van der Waals surface area contributed by atoms with Crippen molar-refractivity contribution in [3.63, 3.8) is 0 Å². The van der Waals surface area contributed by atoms with Gasteiger partial charge in [0.25, 0.3) is 11.5 Å². The van der Waals surface area contributed by atoms with Crippen LogP contribution in [0.1, 0.15) is 35.0 Å². The van der Waals surface area contributed by atoms with Crippen molar-refractivity contribution < 1.29 is 9.90 Å². The van der Waals surface area contributed by atoms with Gasteiger partial charge in [-0.1, -0.05) is 31.2 Å². The topological polar surface area (TPSA) is 84.2 Å². The molecule has 2 aromatic rings. The standard InChI is InChI=1S/C16H19N3O3/c1-2-9-19-15(21)8-7-14(18-19)16(22)17-10-12-5-3-4-6-13(12)11-20/h3-8,20H,2,9-11H2,1H3,(H,17,22). The first-order valence-electron chi connectivity index (χ1n) is 7.19. The van der Waals surface area contributed by atoms with E-state index in [0.29, 0.717) is 13.1 Å². The van der Waals surface area contributed by atoms with Crippen LogP contribution in [-0.4, -0.2) is 20.8 Å². The van der Waals surface area contributed by atoms with Gasteiger partial charge in [-0.15, -0.1) is 0 Å². The van der Waals surface area contributed by atoms with Crippen molar-refractivity contribution in [2.24, 2.45) is 0 Å². The van der Waals surface area contributed by atoms with E-state index in [9.17, 15) is 14.7 Å². The Labute approximate surface area is 128 Å². The molecule has 1 aromatic carbocycles. The Morgan fingerprint density at radius 2 is 1.95 bits per heavy atom. The molecule has 1 heterocycles. The summed E-state index contributed by atoms with van der Waals surface area (Å²) in [7, 11) is 0. The molecule has 2 rings (SSSR count). The Kier molecular flexibility index (Phi) is 5.43. The summed E-state index contributed by atoms with van der Waals surface area (Å²) in [6.07, 6.45) is 0.766. The van der Waals surface area contributed by atoms with Crippen molar-refractivity contribution in [1.82, 2.24) is 15.1 Å².